The third kappa shape index (κ3) is 8.86. The van der Waals surface area contributed by atoms with Crippen LogP contribution in [0.3, 0.4) is 0 Å². The molecule has 0 fully saturated rings. The van der Waals surface area contributed by atoms with Crippen LogP contribution >= 0.6 is 11.8 Å². The van der Waals surface area contributed by atoms with E-state index in [1.54, 1.807) is 11.8 Å². The highest BCUT2D eigenvalue weighted by molar-refractivity contribution is 7.98. The average molecular weight is 216 g/mol. The minimum absolute atomic E-state index is 0.368. The fourth-order valence-corrected chi connectivity index (χ4v) is 0.796. The van der Waals surface area contributed by atoms with Crippen LogP contribution < -0.4 is 0 Å². The summed E-state index contributed by atoms with van der Waals surface area (Å²) >= 11 is 1.58. The highest BCUT2D eigenvalue weighted by Crippen LogP contribution is 1.91. The molecular weight excluding hydrogens is 204 g/mol. The largest absolute Gasteiger partial charge is 0.478 e. The Labute approximate surface area is 86.6 Å². The molecule has 0 aromatic carbocycles. The topological polar surface area (TPSA) is 63.6 Å². The van der Waals surface area contributed by atoms with Gasteiger partial charge in [0.05, 0.1) is 0 Å². The molecule has 0 saturated carbocycles. The average Bonchev–Trinajstić information content (AvgIpc) is 2.13. The van der Waals surface area contributed by atoms with E-state index in [-0.39, 0.29) is 0 Å². The van der Waals surface area contributed by atoms with E-state index in [4.69, 9.17) is 9.84 Å². The molecule has 5 heteroatoms. The molecule has 0 unspecified atom stereocenters. The van der Waals surface area contributed by atoms with Gasteiger partial charge in [-0.05, 0) is 6.26 Å². The number of carbonyl (C=O) groups is 2. The van der Waals surface area contributed by atoms with Crippen molar-refractivity contribution in [3.63, 3.8) is 0 Å². The maximum atomic E-state index is 10.9. The fraction of sp³-hybridized carbons (Fsp3) is 0.333. The smallest absolute Gasteiger partial charge is 0.330 e. The van der Waals surface area contributed by atoms with Crippen molar-refractivity contribution in [3.8, 4) is 0 Å². The second-order valence-electron chi connectivity index (χ2n) is 2.22. The van der Waals surface area contributed by atoms with Crippen molar-refractivity contribution < 1.29 is 19.4 Å². The molecule has 78 valence electrons. The minimum Gasteiger partial charge on any atom is -0.478 e. The summed E-state index contributed by atoms with van der Waals surface area (Å²) in [6.07, 6.45) is 6.62. The molecule has 0 aliphatic carbocycles. The van der Waals surface area contributed by atoms with E-state index < -0.39 is 11.9 Å². The van der Waals surface area contributed by atoms with Crippen molar-refractivity contribution in [3.05, 3.63) is 24.3 Å². The van der Waals surface area contributed by atoms with Crippen molar-refractivity contribution in [2.45, 2.75) is 0 Å². The Bertz CT molecular complexity index is 245. The molecule has 1 N–H and O–H groups in total. The summed E-state index contributed by atoms with van der Waals surface area (Å²) in [5, 5.41) is 8.21. The lowest BCUT2D eigenvalue weighted by molar-refractivity contribution is -0.137. The van der Waals surface area contributed by atoms with Crippen LogP contribution in [0.5, 0.6) is 0 Å². The molecule has 0 aliphatic rings. The summed E-state index contributed by atoms with van der Waals surface area (Å²) in [6.45, 7) is 0.368. The number of allylic oxidation sites excluding steroid dienone is 2. The first-order valence-electron chi connectivity index (χ1n) is 3.90. The molecule has 0 heterocycles. The summed E-state index contributed by atoms with van der Waals surface area (Å²) in [7, 11) is 0. The lowest BCUT2D eigenvalue weighted by atomic mass is 10.4. The van der Waals surface area contributed by atoms with Crippen molar-refractivity contribution in [1.82, 2.24) is 0 Å². The van der Waals surface area contributed by atoms with Gasteiger partial charge in [0, 0.05) is 17.9 Å². The van der Waals surface area contributed by atoms with Crippen molar-refractivity contribution in [2.24, 2.45) is 0 Å². The highest BCUT2D eigenvalue weighted by Gasteiger charge is 1.93. The number of esters is 1. The first-order chi connectivity index (χ1) is 6.66. The molecule has 0 bridgehead atoms. The lowest BCUT2D eigenvalue weighted by Crippen LogP contribution is -2.03. The van der Waals surface area contributed by atoms with Crippen LogP contribution in [0.15, 0.2) is 24.3 Å². The third-order valence-electron chi connectivity index (χ3n) is 1.11. The summed E-state index contributed by atoms with van der Waals surface area (Å²) < 4.78 is 4.76. The Kier molecular flexibility index (Phi) is 7.64. The number of hydrogen-bond acceptors (Lipinski definition) is 4. The van der Waals surface area contributed by atoms with Gasteiger partial charge < -0.3 is 9.84 Å². The van der Waals surface area contributed by atoms with E-state index in [0.29, 0.717) is 6.61 Å². The summed E-state index contributed by atoms with van der Waals surface area (Å²) in [4.78, 5) is 20.9. The number of hydrogen-bond donors (Lipinski definition) is 1. The second-order valence-corrected chi connectivity index (χ2v) is 3.20. The third-order valence-corrected chi connectivity index (χ3v) is 1.69. The second kappa shape index (κ2) is 8.37. The number of thioether (sulfide) groups is 1. The van der Waals surface area contributed by atoms with Crippen LogP contribution in [0, 0.1) is 0 Å². The van der Waals surface area contributed by atoms with Gasteiger partial charge in [-0.25, -0.2) is 9.59 Å². The molecule has 14 heavy (non-hydrogen) atoms. The predicted octanol–water partition coefficient (Wildman–Crippen LogP) is 1.09. The molecule has 0 radical (unpaired) electrons. The van der Waals surface area contributed by atoms with E-state index in [1.165, 1.54) is 18.2 Å². The van der Waals surface area contributed by atoms with E-state index >= 15 is 0 Å². The molecule has 0 aromatic heterocycles. The number of carboxylic acids is 1. The van der Waals surface area contributed by atoms with Gasteiger partial charge in [0.25, 0.3) is 0 Å². The maximum absolute atomic E-state index is 10.9. The van der Waals surface area contributed by atoms with Crippen LogP contribution in [0.1, 0.15) is 0 Å². The summed E-state index contributed by atoms with van der Waals surface area (Å²) in [5.74, 6) is -0.760. The Morgan fingerprint density at radius 1 is 1.36 bits per heavy atom. The van der Waals surface area contributed by atoms with Crippen molar-refractivity contribution in [1.29, 1.82) is 0 Å². The monoisotopic (exact) mass is 216 g/mol. The summed E-state index contributed by atoms with van der Waals surface area (Å²) in [6, 6.07) is 0. The Hall–Kier alpha value is -1.23. The minimum atomic E-state index is -1.05. The molecule has 0 spiro atoms. The Morgan fingerprint density at radius 2 is 2.00 bits per heavy atom. The first-order valence-corrected chi connectivity index (χ1v) is 5.29. The van der Waals surface area contributed by atoms with Gasteiger partial charge in [0.1, 0.15) is 6.61 Å². The van der Waals surface area contributed by atoms with Crippen LogP contribution in [0.2, 0.25) is 0 Å². The molecule has 4 nitrogen and oxygen atoms in total. The highest BCUT2D eigenvalue weighted by atomic mass is 32.2. The number of ether oxygens (including phenoxy) is 1. The number of carboxylic acid groups (broad SMARTS) is 1. The SMILES string of the molecule is CSCCOC(=O)/C=C\C=C/C(=O)O. The normalized spacial score (nSPS) is 10.9. The predicted molar refractivity (Wildman–Crippen MR) is 55.3 cm³/mol. The van der Waals surface area contributed by atoms with Gasteiger partial charge in [0.2, 0.25) is 0 Å². The number of aliphatic carboxylic acids is 1. The quantitative estimate of drug-likeness (QED) is 0.311. The zero-order valence-corrected chi connectivity index (χ0v) is 8.62. The van der Waals surface area contributed by atoms with Crippen molar-refractivity contribution >= 4 is 23.7 Å². The van der Waals surface area contributed by atoms with Gasteiger partial charge in [-0.3, -0.25) is 0 Å². The molecule has 0 saturated heterocycles. The zero-order chi connectivity index (χ0) is 10.8. The maximum Gasteiger partial charge on any atom is 0.330 e. The van der Waals surface area contributed by atoms with Crippen LogP contribution in [0.4, 0.5) is 0 Å². The Balaban J connectivity index is 3.66. The van der Waals surface area contributed by atoms with E-state index in [9.17, 15) is 9.59 Å². The van der Waals surface area contributed by atoms with Gasteiger partial charge in [-0.15, -0.1) is 0 Å². The number of carbonyl (C=O) groups excluding carboxylic acids is 1. The van der Waals surface area contributed by atoms with Gasteiger partial charge in [0.15, 0.2) is 0 Å². The van der Waals surface area contributed by atoms with Gasteiger partial charge in [-0.2, -0.15) is 11.8 Å². The Morgan fingerprint density at radius 3 is 2.57 bits per heavy atom. The van der Waals surface area contributed by atoms with Crippen LogP contribution in [-0.2, 0) is 14.3 Å². The summed E-state index contributed by atoms with van der Waals surface area (Å²) in [5.41, 5.74) is 0. The number of rotatable bonds is 6. The molecule has 0 amide bonds. The first kappa shape index (κ1) is 12.8. The molecule has 0 atom stereocenters. The van der Waals surface area contributed by atoms with E-state index in [0.717, 1.165) is 11.8 Å². The van der Waals surface area contributed by atoms with Gasteiger partial charge in [-0.1, -0.05) is 12.2 Å². The van der Waals surface area contributed by atoms with Crippen molar-refractivity contribution in [2.75, 3.05) is 18.6 Å². The lowest BCUT2D eigenvalue weighted by Gasteiger charge is -1.97. The van der Waals surface area contributed by atoms with E-state index in [2.05, 4.69) is 0 Å². The van der Waals surface area contributed by atoms with Crippen LogP contribution in [0.25, 0.3) is 0 Å². The molecule has 0 aliphatic heterocycles. The van der Waals surface area contributed by atoms with Gasteiger partial charge >= 0.3 is 11.9 Å². The fourth-order valence-electron chi connectivity index (χ4n) is 0.546. The zero-order valence-electron chi connectivity index (χ0n) is 7.80. The molecular formula is C9H12O4S. The van der Waals surface area contributed by atoms with E-state index in [1.807, 2.05) is 6.26 Å². The molecule has 0 aromatic rings. The standard InChI is InChI=1S/C9H12O4S/c1-14-7-6-13-9(12)5-3-2-4-8(10)11/h2-5H,6-7H2,1H3,(H,10,11)/b4-2-,5-3-. The van der Waals surface area contributed by atoms with Crippen LogP contribution in [-0.4, -0.2) is 35.7 Å². The molecule has 0 rings (SSSR count).